The van der Waals surface area contributed by atoms with Crippen molar-refractivity contribution in [1.82, 2.24) is 10.2 Å². The molecule has 0 bridgehead atoms. The monoisotopic (exact) mass is 274 g/mol. The molecule has 0 aromatic rings. The van der Waals surface area contributed by atoms with Gasteiger partial charge in [-0.15, -0.1) is 0 Å². The van der Waals surface area contributed by atoms with Crippen molar-refractivity contribution in [3.8, 4) is 0 Å². The molecule has 0 unspecified atom stereocenters. The van der Waals surface area contributed by atoms with E-state index < -0.39 is 10.8 Å². The molecule has 0 saturated carbocycles. The van der Waals surface area contributed by atoms with Gasteiger partial charge >= 0.3 is 0 Å². The van der Waals surface area contributed by atoms with Crippen LogP contribution in [-0.4, -0.2) is 66.6 Å². The maximum absolute atomic E-state index is 11.4. The maximum Gasteiger partial charge on any atom is 0.0472 e. The van der Waals surface area contributed by atoms with Crippen LogP contribution in [0.15, 0.2) is 0 Å². The van der Waals surface area contributed by atoms with E-state index in [1.165, 1.54) is 0 Å². The minimum Gasteiger partial charge on any atom is -0.381 e. The zero-order valence-electron chi connectivity index (χ0n) is 11.5. The van der Waals surface area contributed by atoms with Gasteiger partial charge in [-0.2, -0.15) is 0 Å². The van der Waals surface area contributed by atoms with Crippen LogP contribution in [0.1, 0.15) is 19.8 Å². The fourth-order valence-electron chi connectivity index (χ4n) is 2.89. The third-order valence-corrected chi connectivity index (χ3v) is 5.41. The molecule has 106 valence electrons. The first kappa shape index (κ1) is 14.4. The van der Waals surface area contributed by atoms with Gasteiger partial charge in [0.15, 0.2) is 0 Å². The molecule has 2 saturated heterocycles. The zero-order valence-corrected chi connectivity index (χ0v) is 12.3. The van der Waals surface area contributed by atoms with Crippen molar-refractivity contribution in [2.24, 2.45) is 5.41 Å². The Labute approximate surface area is 113 Å². The van der Waals surface area contributed by atoms with Gasteiger partial charge in [-0.05, 0) is 24.8 Å². The highest BCUT2D eigenvalue weighted by molar-refractivity contribution is 7.85. The molecule has 2 fully saturated rings. The van der Waals surface area contributed by atoms with Crippen LogP contribution in [0.5, 0.6) is 0 Å². The normalized spacial score (nSPS) is 26.3. The summed E-state index contributed by atoms with van der Waals surface area (Å²) in [6.45, 7) is 9.22. The number of rotatable bonds is 5. The standard InChI is InChI=1S/C13H26N2O2S/c1-2-14-11-13(3-7-17-8-4-13)12-15-5-9-18(16)10-6-15/h14H,2-12H2,1H3. The average Bonchev–Trinajstić information content (AvgIpc) is 2.40. The smallest absolute Gasteiger partial charge is 0.0472 e. The fourth-order valence-corrected chi connectivity index (χ4v) is 4.02. The van der Waals surface area contributed by atoms with E-state index in [0.717, 1.165) is 70.3 Å². The van der Waals surface area contributed by atoms with Gasteiger partial charge in [0.1, 0.15) is 0 Å². The van der Waals surface area contributed by atoms with Crippen molar-refractivity contribution < 1.29 is 8.95 Å². The zero-order chi connectivity index (χ0) is 12.8. The Morgan fingerprint density at radius 2 is 1.94 bits per heavy atom. The Balaban J connectivity index is 1.89. The van der Waals surface area contributed by atoms with Crippen LogP contribution >= 0.6 is 0 Å². The number of nitrogens with one attached hydrogen (secondary N) is 1. The van der Waals surface area contributed by atoms with Crippen molar-refractivity contribution in [2.45, 2.75) is 19.8 Å². The molecule has 2 heterocycles. The van der Waals surface area contributed by atoms with E-state index >= 15 is 0 Å². The lowest BCUT2D eigenvalue weighted by molar-refractivity contribution is -0.00280. The lowest BCUT2D eigenvalue weighted by Crippen LogP contribution is -2.50. The summed E-state index contributed by atoms with van der Waals surface area (Å²) in [5, 5.41) is 3.51. The first-order chi connectivity index (χ1) is 8.74. The summed E-state index contributed by atoms with van der Waals surface area (Å²) in [4.78, 5) is 2.50. The minimum atomic E-state index is -0.568. The summed E-state index contributed by atoms with van der Waals surface area (Å²) in [5.41, 5.74) is 0.368. The second kappa shape index (κ2) is 6.98. The Hall–Kier alpha value is 0.0300. The largest absolute Gasteiger partial charge is 0.381 e. The van der Waals surface area contributed by atoms with Crippen molar-refractivity contribution in [1.29, 1.82) is 0 Å². The third-order valence-electron chi connectivity index (χ3n) is 4.13. The molecule has 2 aliphatic rings. The number of hydrogen-bond acceptors (Lipinski definition) is 4. The summed E-state index contributed by atoms with van der Waals surface area (Å²) in [6, 6.07) is 0. The van der Waals surface area contributed by atoms with Gasteiger partial charge in [0.2, 0.25) is 0 Å². The van der Waals surface area contributed by atoms with Crippen LogP contribution < -0.4 is 5.32 Å². The molecule has 5 heteroatoms. The molecule has 0 radical (unpaired) electrons. The minimum absolute atomic E-state index is 0.368. The van der Waals surface area contributed by atoms with E-state index in [-0.39, 0.29) is 0 Å². The summed E-state index contributed by atoms with van der Waals surface area (Å²) in [6.07, 6.45) is 2.30. The van der Waals surface area contributed by atoms with Gasteiger partial charge in [0, 0.05) is 61.7 Å². The highest BCUT2D eigenvalue weighted by Gasteiger charge is 2.34. The molecule has 18 heavy (non-hydrogen) atoms. The van der Waals surface area contributed by atoms with E-state index in [0.29, 0.717) is 5.41 Å². The van der Waals surface area contributed by atoms with Crippen LogP contribution in [0.4, 0.5) is 0 Å². The van der Waals surface area contributed by atoms with E-state index in [1.54, 1.807) is 0 Å². The van der Waals surface area contributed by atoms with Crippen LogP contribution in [0.25, 0.3) is 0 Å². The molecule has 1 N–H and O–H groups in total. The van der Waals surface area contributed by atoms with Gasteiger partial charge in [-0.3, -0.25) is 4.21 Å². The quantitative estimate of drug-likeness (QED) is 0.791. The van der Waals surface area contributed by atoms with Gasteiger partial charge in [-0.1, -0.05) is 6.92 Å². The van der Waals surface area contributed by atoms with Crippen LogP contribution in [0.3, 0.4) is 0 Å². The second-order valence-electron chi connectivity index (χ2n) is 5.52. The SMILES string of the molecule is CCNCC1(CN2CCS(=O)CC2)CCOCC1. The summed E-state index contributed by atoms with van der Waals surface area (Å²) >= 11 is 0. The molecule has 2 aliphatic heterocycles. The van der Waals surface area contributed by atoms with E-state index in [9.17, 15) is 4.21 Å². The van der Waals surface area contributed by atoms with E-state index in [2.05, 4.69) is 17.1 Å². The van der Waals surface area contributed by atoms with Crippen LogP contribution in [0.2, 0.25) is 0 Å². The Morgan fingerprint density at radius 3 is 2.56 bits per heavy atom. The predicted molar refractivity (Wildman–Crippen MR) is 75.3 cm³/mol. The molecule has 0 aliphatic carbocycles. The molecule has 0 spiro atoms. The van der Waals surface area contributed by atoms with Gasteiger partial charge < -0.3 is 15.0 Å². The van der Waals surface area contributed by atoms with Crippen LogP contribution in [0, 0.1) is 5.41 Å². The van der Waals surface area contributed by atoms with Crippen molar-refractivity contribution in [2.75, 3.05) is 57.4 Å². The highest BCUT2D eigenvalue weighted by atomic mass is 32.2. The van der Waals surface area contributed by atoms with E-state index in [4.69, 9.17) is 4.74 Å². The van der Waals surface area contributed by atoms with Crippen LogP contribution in [-0.2, 0) is 15.5 Å². The Morgan fingerprint density at radius 1 is 1.28 bits per heavy atom. The third kappa shape index (κ3) is 4.02. The van der Waals surface area contributed by atoms with Crippen molar-refractivity contribution in [3.63, 3.8) is 0 Å². The lowest BCUT2D eigenvalue weighted by atomic mass is 9.79. The van der Waals surface area contributed by atoms with Gasteiger partial charge in [0.25, 0.3) is 0 Å². The highest BCUT2D eigenvalue weighted by Crippen LogP contribution is 2.31. The Kier molecular flexibility index (Phi) is 5.60. The molecule has 2 rings (SSSR count). The lowest BCUT2D eigenvalue weighted by Gasteiger charge is -2.42. The molecular weight excluding hydrogens is 248 g/mol. The summed E-state index contributed by atoms with van der Waals surface area (Å²) in [5.74, 6) is 1.71. The summed E-state index contributed by atoms with van der Waals surface area (Å²) < 4.78 is 16.9. The molecule has 0 aromatic heterocycles. The topological polar surface area (TPSA) is 41.6 Å². The molecular formula is C13H26N2O2S. The maximum atomic E-state index is 11.4. The first-order valence-corrected chi connectivity index (χ1v) is 8.59. The number of nitrogens with zero attached hydrogens (tertiary/aromatic N) is 1. The van der Waals surface area contributed by atoms with Gasteiger partial charge in [0.05, 0.1) is 0 Å². The number of ether oxygens (including phenoxy) is 1. The molecule has 0 aromatic carbocycles. The summed E-state index contributed by atoms with van der Waals surface area (Å²) in [7, 11) is -0.568. The van der Waals surface area contributed by atoms with Gasteiger partial charge in [-0.25, -0.2) is 0 Å². The van der Waals surface area contributed by atoms with Crippen molar-refractivity contribution >= 4 is 10.8 Å². The second-order valence-corrected chi connectivity index (χ2v) is 7.21. The fraction of sp³-hybridized carbons (Fsp3) is 1.00. The van der Waals surface area contributed by atoms with E-state index in [1.807, 2.05) is 0 Å². The van der Waals surface area contributed by atoms with Crippen molar-refractivity contribution in [3.05, 3.63) is 0 Å². The molecule has 4 nitrogen and oxygen atoms in total. The molecule has 0 atom stereocenters. The molecule has 0 amide bonds. The first-order valence-electron chi connectivity index (χ1n) is 7.10. The average molecular weight is 274 g/mol. The number of hydrogen-bond donors (Lipinski definition) is 1. The predicted octanol–water partition coefficient (Wildman–Crippen LogP) is 0.457. The Bertz CT molecular complexity index is 270.